The Bertz CT molecular complexity index is 405. The Labute approximate surface area is 87.9 Å². The van der Waals surface area contributed by atoms with Crippen LogP contribution in [0.5, 0.6) is 0 Å². The van der Waals surface area contributed by atoms with E-state index in [0.717, 1.165) is 0 Å². The van der Waals surface area contributed by atoms with E-state index in [1.54, 1.807) is 24.3 Å². The van der Waals surface area contributed by atoms with Gasteiger partial charge in [0.05, 0.1) is 5.69 Å². The third-order valence-electron chi connectivity index (χ3n) is 1.93. The summed E-state index contributed by atoms with van der Waals surface area (Å²) in [6.07, 6.45) is -4.51. The van der Waals surface area contributed by atoms with Gasteiger partial charge in [0, 0.05) is 4.90 Å². The molecule has 2 nitrogen and oxygen atoms in total. The highest BCUT2D eigenvalue weighted by atomic mass is 32.2. The maximum Gasteiger partial charge on any atom is 0.409 e. The summed E-state index contributed by atoms with van der Waals surface area (Å²) in [6.45, 7) is 0. The molecule has 1 heterocycles. The standard InChI is InChI=1S/C9H6F3NOS/c10-9(11,12)7-8(14)13-5-3-1-2-4-6(5)15-7/h1-4,7H,(H,13,14). The highest BCUT2D eigenvalue weighted by Gasteiger charge is 2.47. The first-order chi connectivity index (χ1) is 6.98. The summed E-state index contributed by atoms with van der Waals surface area (Å²) in [7, 11) is 0. The molecule has 0 saturated heterocycles. The summed E-state index contributed by atoms with van der Waals surface area (Å²) in [5.74, 6) is -1.01. The molecule has 1 amide bonds. The van der Waals surface area contributed by atoms with Gasteiger partial charge in [-0.2, -0.15) is 13.2 Å². The number of rotatable bonds is 0. The smallest absolute Gasteiger partial charge is 0.324 e. The topological polar surface area (TPSA) is 29.1 Å². The van der Waals surface area contributed by atoms with E-state index in [2.05, 4.69) is 5.32 Å². The van der Waals surface area contributed by atoms with Gasteiger partial charge in [0.15, 0.2) is 5.25 Å². The molecule has 80 valence electrons. The number of carbonyl (C=O) groups excluding carboxylic acids is 1. The molecule has 15 heavy (non-hydrogen) atoms. The molecule has 1 aliphatic heterocycles. The van der Waals surface area contributed by atoms with E-state index in [1.807, 2.05) is 0 Å². The third kappa shape index (κ3) is 1.94. The van der Waals surface area contributed by atoms with Crippen molar-refractivity contribution in [2.45, 2.75) is 16.3 Å². The monoisotopic (exact) mass is 233 g/mol. The molecule has 0 fully saturated rings. The minimum Gasteiger partial charge on any atom is -0.324 e. The summed E-state index contributed by atoms with van der Waals surface area (Å²) in [5.41, 5.74) is 0.438. The van der Waals surface area contributed by atoms with Crippen molar-refractivity contribution in [3.8, 4) is 0 Å². The first-order valence-electron chi connectivity index (χ1n) is 4.12. The number of amides is 1. The number of carbonyl (C=O) groups is 1. The Morgan fingerprint density at radius 3 is 2.60 bits per heavy atom. The van der Waals surface area contributed by atoms with Gasteiger partial charge in [-0.1, -0.05) is 12.1 Å². The molecule has 6 heteroatoms. The van der Waals surface area contributed by atoms with Crippen LogP contribution in [0.1, 0.15) is 0 Å². The Balaban J connectivity index is 2.34. The van der Waals surface area contributed by atoms with E-state index < -0.39 is 17.3 Å². The number of benzene rings is 1. The number of fused-ring (bicyclic) bond motifs is 1. The number of thioether (sulfide) groups is 1. The van der Waals surface area contributed by atoms with Gasteiger partial charge in [-0.15, -0.1) is 11.8 Å². The molecular formula is C9H6F3NOS. The van der Waals surface area contributed by atoms with Gasteiger partial charge in [-0.25, -0.2) is 0 Å². The molecule has 0 aromatic heterocycles. The van der Waals surface area contributed by atoms with Crippen molar-refractivity contribution in [3.63, 3.8) is 0 Å². The normalized spacial score (nSPS) is 20.7. The molecule has 1 aromatic carbocycles. The van der Waals surface area contributed by atoms with E-state index in [9.17, 15) is 18.0 Å². The molecule has 1 N–H and O–H groups in total. The van der Waals surface area contributed by atoms with Crippen LogP contribution >= 0.6 is 11.8 Å². The van der Waals surface area contributed by atoms with Gasteiger partial charge < -0.3 is 5.32 Å². The number of para-hydroxylation sites is 1. The maximum absolute atomic E-state index is 12.4. The zero-order valence-electron chi connectivity index (χ0n) is 7.34. The van der Waals surface area contributed by atoms with Crippen molar-refractivity contribution in [1.82, 2.24) is 0 Å². The van der Waals surface area contributed by atoms with E-state index in [0.29, 0.717) is 22.3 Å². The lowest BCUT2D eigenvalue weighted by molar-refractivity contribution is -0.146. The minimum atomic E-state index is -4.51. The number of anilines is 1. The summed E-state index contributed by atoms with van der Waals surface area (Å²) >= 11 is 0.535. The molecule has 0 spiro atoms. The van der Waals surface area contributed by atoms with Gasteiger partial charge in [0.25, 0.3) is 0 Å². The average Bonchev–Trinajstić information content (AvgIpc) is 2.15. The van der Waals surface area contributed by atoms with Crippen molar-refractivity contribution in [1.29, 1.82) is 0 Å². The van der Waals surface area contributed by atoms with Crippen molar-refractivity contribution in [3.05, 3.63) is 24.3 Å². The lowest BCUT2D eigenvalue weighted by Gasteiger charge is -2.25. The summed E-state index contributed by atoms with van der Waals surface area (Å²) in [4.78, 5) is 11.6. The Hall–Kier alpha value is -1.17. The fraction of sp³-hybridized carbons (Fsp3) is 0.222. The van der Waals surface area contributed by atoms with Gasteiger partial charge in [0.2, 0.25) is 5.91 Å². The van der Waals surface area contributed by atoms with Crippen molar-refractivity contribution in [2.24, 2.45) is 0 Å². The Morgan fingerprint density at radius 2 is 1.93 bits per heavy atom. The van der Waals surface area contributed by atoms with Crippen LogP contribution in [0.3, 0.4) is 0 Å². The largest absolute Gasteiger partial charge is 0.409 e. The first kappa shape index (κ1) is 10.4. The zero-order valence-corrected chi connectivity index (χ0v) is 8.15. The number of hydrogen-bond donors (Lipinski definition) is 1. The molecular weight excluding hydrogens is 227 g/mol. The van der Waals surface area contributed by atoms with E-state index in [4.69, 9.17) is 0 Å². The first-order valence-corrected chi connectivity index (χ1v) is 5.00. The molecule has 0 bridgehead atoms. The quantitative estimate of drug-likeness (QED) is 0.746. The Kier molecular flexibility index (Phi) is 2.38. The number of hydrogen-bond acceptors (Lipinski definition) is 2. The van der Waals surface area contributed by atoms with Crippen LogP contribution in [0.2, 0.25) is 0 Å². The predicted octanol–water partition coefficient (Wildman–Crippen LogP) is 2.66. The molecule has 1 unspecified atom stereocenters. The van der Waals surface area contributed by atoms with Crippen molar-refractivity contribution in [2.75, 3.05) is 5.32 Å². The summed E-state index contributed by atoms with van der Waals surface area (Å²) in [6, 6.07) is 6.43. The molecule has 1 aliphatic rings. The second-order valence-electron chi connectivity index (χ2n) is 3.02. The van der Waals surface area contributed by atoms with Gasteiger partial charge in [-0.3, -0.25) is 4.79 Å². The SMILES string of the molecule is O=C1Nc2ccccc2SC1C(F)(F)F. The van der Waals surface area contributed by atoms with Crippen molar-refractivity contribution < 1.29 is 18.0 Å². The van der Waals surface area contributed by atoms with Crippen molar-refractivity contribution >= 4 is 23.4 Å². The molecule has 0 radical (unpaired) electrons. The highest BCUT2D eigenvalue weighted by molar-refractivity contribution is 8.01. The lowest BCUT2D eigenvalue weighted by atomic mass is 10.3. The van der Waals surface area contributed by atoms with Crippen LogP contribution in [0, 0.1) is 0 Å². The summed E-state index contributed by atoms with van der Waals surface area (Å²) in [5, 5.41) is 0.230. The second kappa shape index (κ2) is 3.44. The maximum atomic E-state index is 12.4. The zero-order chi connectivity index (χ0) is 11.1. The number of nitrogens with one attached hydrogen (secondary N) is 1. The van der Waals surface area contributed by atoms with Crippen LogP contribution in [0.4, 0.5) is 18.9 Å². The minimum absolute atomic E-state index is 0.438. The Morgan fingerprint density at radius 1 is 1.27 bits per heavy atom. The van der Waals surface area contributed by atoms with Gasteiger partial charge in [-0.05, 0) is 12.1 Å². The fourth-order valence-electron chi connectivity index (χ4n) is 1.27. The number of halogens is 3. The lowest BCUT2D eigenvalue weighted by Crippen LogP contribution is -2.40. The second-order valence-corrected chi connectivity index (χ2v) is 4.17. The van der Waals surface area contributed by atoms with E-state index >= 15 is 0 Å². The molecule has 0 saturated carbocycles. The van der Waals surface area contributed by atoms with Crippen LogP contribution in [0.15, 0.2) is 29.2 Å². The van der Waals surface area contributed by atoms with Crippen LogP contribution in [0.25, 0.3) is 0 Å². The number of alkyl halides is 3. The van der Waals surface area contributed by atoms with Crippen LogP contribution in [-0.4, -0.2) is 17.3 Å². The average molecular weight is 233 g/mol. The summed E-state index contributed by atoms with van der Waals surface area (Å²) < 4.78 is 37.2. The molecule has 1 atom stereocenters. The van der Waals surface area contributed by atoms with Gasteiger partial charge in [0.1, 0.15) is 0 Å². The van der Waals surface area contributed by atoms with Crippen LogP contribution in [-0.2, 0) is 4.79 Å². The predicted molar refractivity (Wildman–Crippen MR) is 50.8 cm³/mol. The molecule has 2 rings (SSSR count). The van der Waals surface area contributed by atoms with Gasteiger partial charge >= 0.3 is 6.18 Å². The van der Waals surface area contributed by atoms with E-state index in [-0.39, 0.29) is 0 Å². The molecule has 1 aromatic rings. The highest BCUT2D eigenvalue weighted by Crippen LogP contribution is 2.42. The fourth-order valence-corrected chi connectivity index (χ4v) is 2.22. The molecule has 0 aliphatic carbocycles. The van der Waals surface area contributed by atoms with E-state index in [1.165, 1.54) is 0 Å². The van der Waals surface area contributed by atoms with Crippen LogP contribution < -0.4 is 5.32 Å². The third-order valence-corrected chi connectivity index (χ3v) is 3.25.